The molecule has 0 amide bonds. The highest BCUT2D eigenvalue weighted by Gasteiger charge is 2.16. The van der Waals surface area contributed by atoms with Crippen molar-refractivity contribution >= 4 is 31.5 Å². The summed E-state index contributed by atoms with van der Waals surface area (Å²) in [5.74, 6) is -1.09. The number of hydrogen-bond donors (Lipinski definition) is 1. The molecule has 8 aromatic rings. The number of benzene rings is 5. The van der Waals surface area contributed by atoms with Gasteiger partial charge in [0.25, 0.3) is 0 Å². The number of aromatic nitrogens is 2. The van der Waals surface area contributed by atoms with Gasteiger partial charge in [0.15, 0.2) is 11.6 Å². The van der Waals surface area contributed by atoms with E-state index in [0.717, 1.165) is 39.2 Å². The van der Waals surface area contributed by atoms with Gasteiger partial charge in [-0.1, -0.05) is 91.0 Å². The van der Waals surface area contributed by atoms with E-state index in [9.17, 15) is 9.50 Å². The third-order valence-electron chi connectivity index (χ3n) is 8.32. The van der Waals surface area contributed by atoms with E-state index in [0.29, 0.717) is 17.0 Å². The van der Waals surface area contributed by atoms with Gasteiger partial charge in [0.2, 0.25) is 0 Å². The van der Waals surface area contributed by atoms with E-state index in [1.54, 1.807) is 12.1 Å². The molecule has 3 aromatic heterocycles. The zero-order valence-electron chi connectivity index (χ0n) is 24.9. The zero-order chi connectivity index (χ0) is 31.2. The summed E-state index contributed by atoms with van der Waals surface area (Å²) in [7, 11) is 0. The Labute approximate surface area is 269 Å². The Bertz CT molecular complexity index is 2420. The highest BCUT2D eigenvalue weighted by atomic mass is 32.1. The predicted octanol–water partition coefficient (Wildman–Crippen LogP) is 11.3. The summed E-state index contributed by atoms with van der Waals surface area (Å²) in [5, 5.41) is 13.1. The summed E-state index contributed by atoms with van der Waals surface area (Å²) in [6.07, 6.45) is 0. The van der Waals surface area contributed by atoms with Gasteiger partial charge in [-0.3, -0.25) is 4.98 Å². The molecular weight excluding hydrogens is 588 g/mol. The first-order chi connectivity index (χ1) is 22.5. The summed E-state index contributed by atoms with van der Waals surface area (Å²) in [5.41, 5.74) is 9.45. The third-order valence-corrected chi connectivity index (χ3v) is 9.54. The lowest BCUT2D eigenvalue weighted by Gasteiger charge is -2.13. The Kier molecular flexibility index (Phi) is 6.89. The number of halogens is 1. The van der Waals surface area contributed by atoms with Crippen molar-refractivity contribution in [3.05, 3.63) is 151 Å². The van der Waals surface area contributed by atoms with E-state index >= 15 is 0 Å². The number of nitrogens with zero attached hydrogens (tertiary/aromatic N) is 2. The number of pyridine rings is 2. The number of phenols is 1. The second-order valence-corrected chi connectivity index (χ2v) is 12.4. The average Bonchev–Trinajstić information content (AvgIpc) is 3.48. The van der Waals surface area contributed by atoms with Crippen LogP contribution in [0.3, 0.4) is 0 Å². The van der Waals surface area contributed by atoms with Crippen LogP contribution in [0.2, 0.25) is 0 Å². The summed E-state index contributed by atoms with van der Waals surface area (Å²) >= 11 is 1.82. The van der Waals surface area contributed by atoms with Crippen molar-refractivity contribution in [1.82, 2.24) is 9.97 Å². The molecule has 1 N–H and O–H groups in total. The van der Waals surface area contributed by atoms with Gasteiger partial charge in [-0.15, -0.1) is 11.3 Å². The molecule has 0 unspecified atom stereocenters. The van der Waals surface area contributed by atoms with Crippen molar-refractivity contribution in [2.24, 2.45) is 0 Å². The Hall–Kier alpha value is -5.65. The number of rotatable bonds is 5. The molecule has 0 aliphatic carbocycles. The van der Waals surface area contributed by atoms with E-state index in [4.69, 9.17) is 9.97 Å². The molecule has 0 bridgehead atoms. The summed E-state index contributed by atoms with van der Waals surface area (Å²) in [4.78, 5) is 9.88. The summed E-state index contributed by atoms with van der Waals surface area (Å²) in [6, 6.07) is 46.0. The first-order valence-electron chi connectivity index (χ1n) is 15.1. The van der Waals surface area contributed by atoms with Gasteiger partial charge >= 0.3 is 0 Å². The van der Waals surface area contributed by atoms with Gasteiger partial charge in [0, 0.05) is 42.6 Å². The maximum atomic E-state index is 14.4. The van der Waals surface area contributed by atoms with Gasteiger partial charge in [0.1, 0.15) is 0 Å². The number of thiophene rings is 1. The van der Waals surface area contributed by atoms with E-state index < -0.39 is 11.6 Å². The number of phenolic OH excluding ortho intramolecular Hbond substituents is 1. The second-order valence-electron chi connectivity index (χ2n) is 11.4. The molecule has 5 heteroatoms. The van der Waals surface area contributed by atoms with Gasteiger partial charge in [-0.25, -0.2) is 9.37 Å². The summed E-state index contributed by atoms with van der Waals surface area (Å²) in [6.45, 7) is 2.03. The van der Waals surface area contributed by atoms with Crippen LogP contribution in [0.1, 0.15) is 5.69 Å². The lowest BCUT2D eigenvalue weighted by Crippen LogP contribution is -1.94. The fourth-order valence-electron chi connectivity index (χ4n) is 6.12. The number of aromatic hydroxyl groups is 1. The fourth-order valence-corrected chi connectivity index (χ4v) is 7.36. The Balaban J connectivity index is 1.25. The molecule has 3 heterocycles. The Morgan fingerprint density at radius 3 is 2.00 bits per heavy atom. The van der Waals surface area contributed by atoms with Gasteiger partial charge in [-0.2, -0.15) is 0 Å². The molecule has 0 aliphatic rings. The largest absolute Gasteiger partial charge is 0.504 e. The van der Waals surface area contributed by atoms with Crippen LogP contribution < -0.4 is 0 Å². The first-order valence-corrected chi connectivity index (χ1v) is 15.9. The van der Waals surface area contributed by atoms with Crippen LogP contribution in [0, 0.1) is 12.7 Å². The molecule has 0 aliphatic heterocycles. The van der Waals surface area contributed by atoms with Gasteiger partial charge in [0.05, 0.1) is 17.1 Å². The number of hydrogen-bond acceptors (Lipinski definition) is 4. The van der Waals surface area contributed by atoms with Crippen molar-refractivity contribution in [3.8, 4) is 61.8 Å². The van der Waals surface area contributed by atoms with E-state index in [1.807, 2.05) is 72.9 Å². The lowest BCUT2D eigenvalue weighted by atomic mass is 9.97. The molecule has 8 rings (SSSR count). The van der Waals surface area contributed by atoms with Crippen molar-refractivity contribution in [3.63, 3.8) is 0 Å². The minimum atomic E-state index is -0.680. The molecule has 0 atom stereocenters. The SMILES string of the molecule is Cc1cc(-c2cccc3c2sc2ccccc23)cc(-c2cccc(-c3cc(-c4ccccc4)cc(-c4cccc(F)c4O)n3)c2)n1. The van der Waals surface area contributed by atoms with Crippen molar-refractivity contribution in [1.29, 1.82) is 0 Å². The standard InChI is InChI=1S/C41H27FN2OS/c1-25-20-30(31-15-8-16-33-32-14-5-6-19-39(32)46-41(31)33)24-36(43-25)27-12-7-13-28(21-27)37-22-29(26-10-3-2-4-11-26)23-38(44-37)34-17-9-18-35(42)40(34)45/h2-24,45H,1H3. The molecule has 0 spiro atoms. The second kappa shape index (κ2) is 11.4. The molecule has 5 aromatic carbocycles. The predicted molar refractivity (Wildman–Crippen MR) is 188 cm³/mol. The highest BCUT2D eigenvalue weighted by Crippen LogP contribution is 2.41. The van der Waals surface area contributed by atoms with Crippen LogP contribution in [0.15, 0.2) is 140 Å². The molecular formula is C41H27FN2OS. The summed E-state index contributed by atoms with van der Waals surface area (Å²) < 4.78 is 16.9. The third kappa shape index (κ3) is 5.01. The van der Waals surface area contributed by atoms with Crippen molar-refractivity contribution in [2.45, 2.75) is 6.92 Å². The molecule has 46 heavy (non-hydrogen) atoms. The molecule has 220 valence electrons. The molecule has 0 radical (unpaired) electrons. The van der Waals surface area contributed by atoms with Crippen molar-refractivity contribution in [2.75, 3.05) is 0 Å². The van der Waals surface area contributed by atoms with E-state index in [-0.39, 0.29) is 0 Å². The maximum absolute atomic E-state index is 14.4. The maximum Gasteiger partial charge on any atom is 0.165 e. The zero-order valence-corrected chi connectivity index (χ0v) is 25.7. The smallest absolute Gasteiger partial charge is 0.165 e. The van der Waals surface area contributed by atoms with Gasteiger partial charge in [-0.05, 0) is 77.7 Å². The molecule has 0 fully saturated rings. The monoisotopic (exact) mass is 614 g/mol. The number of aryl methyl sites for hydroxylation is 1. The number of fused-ring (bicyclic) bond motifs is 3. The van der Waals surface area contributed by atoms with Gasteiger partial charge < -0.3 is 5.11 Å². The average molecular weight is 615 g/mol. The van der Waals surface area contributed by atoms with E-state index in [2.05, 4.69) is 66.7 Å². The molecule has 3 nitrogen and oxygen atoms in total. The Morgan fingerprint density at radius 1 is 0.522 bits per heavy atom. The number of para-hydroxylation sites is 1. The van der Waals surface area contributed by atoms with E-state index in [1.165, 1.54) is 31.8 Å². The topological polar surface area (TPSA) is 46.0 Å². The molecule has 0 saturated heterocycles. The molecule has 0 saturated carbocycles. The van der Waals surface area contributed by atoms with Crippen LogP contribution in [-0.4, -0.2) is 15.1 Å². The van der Waals surface area contributed by atoms with Crippen LogP contribution in [0.5, 0.6) is 5.75 Å². The van der Waals surface area contributed by atoms with Crippen LogP contribution in [0.4, 0.5) is 4.39 Å². The minimum Gasteiger partial charge on any atom is -0.504 e. The quantitative estimate of drug-likeness (QED) is 0.210. The van der Waals surface area contributed by atoms with Crippen LogP contribution >= 0.6 is 11.3 Å². The fraction of sp³-hybridized carbons (Fsp3) is 0.0244. The first kappa shape index (κ1) is 27.9. The highest BCUT2D eigenvalue weighted by molar-refractivity contribution is 7.26. The van der Waals surface area contributed by atoms with Crippen LogP contribution in [-0.2, 0) is 0 Å². The normalized spacial score (nSPS) is 11.3. The minimum absolute atomic E-state index is 0.343. The Morgan fingerprint density at radius 2 is 1.15 bits per heavy atom. The van der Waals surface area contributed by atoms with Crippen LogP contribution in [0.25, 0.3) is 76.2 Å². The lowest BCUT2D eigenvalue weighted by molar-refractivity contribution is 0.434. The van der Waals surface area contributed by atoms with Crippen molar-refractivity contribution < 1.29 is 9.50 Å².